The van der Waals surface area contributed by atoms with Crippen LogP contribution in [0, 0.1) is 6.92 Å². The molecule has 2 aromatic heterocycles. The normalized spacial score (nSPS) is 13.8. The van der Waals surface area contributed by atoms with E-state index < -0.39 is 0 Å². The third kappa shape index (κ3) is 3.27. The number of aromatic nitrogens is 3. The monoisotopic (exact) mass is 350 g/mol. The molecule has 0 saturated heterocycles. The Bertz CT molecular complexity index is 942. The van der Waals surface area contributed by atoms with Gasteiger partial charge in [-0.05, 0) is 68.5 Å². The smallest absolute Gasteiger partial charge is 0.246 e. The van der Waals surface area contributed by atoms with Gasteiger partial charge >= 0.3 is 0 Å². The molecule has 0 aliphatic heterocycles. The summed E-state index contributed by atoms with van der Waals surface area (Å²) < 4.78 is 7.11. The number of nitrogens with zero attached hydrogens (tertiary/aromatic N) is 3. The maximum absolute atomic E-state index is 12.4. The van der Waals surface area contributed by atoms with Crippen LogP contribution in [-0.2, 0) is 11.3 Å². The van der Waals surface area contributed by atoms with Crippen molar-refractivity contribution >= 4 is 22.6 Å². The summed E-state index contributed by atoms with van der Waals surface area (Å²) >= 11 is 0. The van der Waals surface area contributed by atoms with Crippen LogP contribution in [0.5, 0.6) is 5.75 Å². The molecule has 1 aromatic carbocycles. The van der Waals surface area contributed by atoms with Crippen molar-refractivity contribution in [2.45, 2.75) is 39.2 Å². The van der Waals surface area contributed by atoms with Crippen LogP contribution in [0.1, 0.15) is 36.9 Å². The van der Waals surface area contributed by atoms with Gasteiger partial charge in [0.2, 0.25) is 5.91 Å². The second kappa shape index (κ2) is 6.78. The number of aryl methyl sites for hydroxylation is 1. The van der Waals surface area contributed by atoms with Gasteiger partial charge in [-0.25, -0.2) is 9.67 Å². The molecule has 0 bridgehead atoms. The number of fused-ring (bicyclic) bond motifs is 1. The van der Waals surface area contributed by atoms with Crippen molar-refractivity contribution in [3.63, 3.8) is 0 Å². The Balaban J connectivity index is 1.51. The number of rotatable bonds is 6. The Hall–Kier alpha value is -2.89. The summed E-state index contributed by atoms with van der Waals surface area (Å²) in [6, 6.07) is 9.43. The third-order valence-electron chi connectivity index (χ3n) is 4.60. The second-order valence-corrected chi connectivity index (χ2v) is 6.62. The van der Waals surface area contributed by atoms with Crippen LogP contribution in [0.3, 0.4) is 0 Å². The van der Waals surface area contributed by atoms with E-state index in [0.29, 0.717) is 12.5 Å². The number of nitrogens with one attached hydrogen (secondary N) is 1. The van der Waals surface area contributed by atoms with Crippen molar-refractivity contribution in [1.29, 1.82) is 0 Å². The van der Waals surface area contributed by atoms with Crippen LogP contribution in [-0.4, -0.2) is 27.3 Å². The number of pyridine rings is 1. The summed E-state index contributed by atoms with van der Waals surface area (Å²) in [6.45, 7) is 4.68. The first kappa shape index (κ1) is 16.6. The summed E-state index contributed by atoms with van der Waals surface area (Å²) in [7, 11) is 0. The van der Waals surface area contributed by atoms with Crippen molar-refractivity contribution in [2.24, 2.45) is 0 Å². The number of carbonyl (C=O) groups excluding carboxylic acids is 1. The predicted octanol–water partition coefficient (Wildman–Crippen LogP) is 3.65. The first-order chi connectivity index (χ1) is 12.7. The molecule has 0 radical (unpaired) electrons. The van der Waals surface area contributed by atoms with Crippen molar-refractivity contribution in [1.82, 2.24) is 14.8 Å². The maximum atomic E-state index is 12.4. The zero-order valence-corrected chi connectivity index (χ0v) is 15.0. The van der Waals surface area contributed by atoms with Gasteiger partial charge in [0.1, 0.15) is 12.3 Å². The highest BCUT2D eigenvalue weighted by Crippen LogP contribution is 2.43. The SMILES string of the molecule is CCOc1ccc(NC(=O)Cn2nc(C)c3c(C4CC4)ccnc32)cc1. The van der Waals surface area contributed by atoms with E-state index in [-0.39, 0.29) is 12.5 Å². The summed E-state index contributed by atoms with van der Waals surface area (Å²) in [6.07, 6.45) is 4.27. The largest absolute Gasteiger partial charge is 0.494 e. The van der Waals surface area contributed by atoms with Crippen molar-refractivity contribution in [2.75, 3.05) is 11.9 Å². The molecular formula is C20H22N4O2. The minimum atomic E-state index is -0.128. The molecule has 1 fully saturated rings. The van der Waals surface area contributed by atoms with Gasteiger partial charge in [-0.3, -0.25) is 4.79 Å². The van der Waals surface area contributed by atoms with Crippen LogP contribution < -0.4 is 10.1 Å². The van der Waals surface area contributed by atoms with E-state index in [9.17, 15) is 4.79 Å². The van der Waals surface area contributed by atoms with Crippen molar-refractivity contribution < 1.29 is 9.53 Å². The van der Waals surface area contributed by atoms with E-state index in [0.717, 1.165) is 28.2 Å². The molecule has 1 aliphatic carbocycles. The molecular weight excluding hydrogens is 328 g/mol. The molecule has 0 spiro atoms. The number of hydrogen-bond acceptors (Lipinski definition) is 4. The summed E-state index contributed by atoms with van der Waals surface area (Å²) in [5.41, 5.74) is 3.77. The van der Waals surface area contributed by atoms with Crippen LogP contribution >= 0.6 is 0 Å². The van der Waals surface area contributed by atoms with E-state index in [1.54, 1.807) is 4.68 Å². The first-order valence-electron chi connectivity index (χ1n) is 9.00. The molecule has 26 heavy (non-hydrogen) atoms. The number of amides is 1. The van der Waals surface area contributed by atoms with E-state index in [2.05, 4.69) is 21.5 Å². The van der Waals surface area contributed by atoms with E-state index in [1.807, 2.05) is 44.3 Å². The fraction of sp³-hybridized carbons (Fsp3) is 0.350. The first-order valence-corrected chi connectivity index (χ1v) is 9.00. The summed E-state index contributed by atoms with van der Waals surface area (Å²) in [5.74, 6) is 1.28. The zero-order chi connectivity index (χ0) is 18.1. The molecule has 1 amide bonds. The fourth-order valence-electron chi connectivity index (χ4n) is 3.29. The average Bonchev–Trinajstić information content (AvgIpc) is 3.43. The van der Waals surface area contributed by atoms with Gasteiger partial charge in [0.25, 0.3) is 0 Å². The molecule has 1 saturated carbocycles. The lowest BCUT2D eigenvalue weighted by atomic mass is 10.1. The predicted molar refractivity (Wildman–Crippen MR) is 100 cm³/mol. The van der Waals surface area contributed by atoms with E-state index in [4.69, 9.17) is 4.74 Å². The maximum Gasteiger partial charge on any atom is 0.246 e. The molecule has 1 aliphatic rings. The van der Waals surface area contributed by atoms with Crippen LogP contribution in [0.15, 0.2) is 36.5 Å². The van der Waals surface area contributed by atoms with Crippen molar-refractivity contribution in [3.8, 4) is 5.75 Å². The van der Waals surface area contributed by atoms with Gasteiger partial charge in [0.05, 0.1) is 12.3 Å². The number of benzene rings is 1. The number of carbonyl (C=O) groups is 1. The molecule has 0 unspecified atom stereocenters. The van der Waals surface area contributed by atoms with Gasteiger partial charge in [-0.15, -0.1) is 0 Å². The highest BCUT2D eigenvalue weighted by molar-refractivity contribution is 5.92. The Kier molecular flexibility index (Phi) is 4.32. The van der Waals surface area contributed by atoms with Gasteiger partial charge in [0, 0.05) is 17.3 Å². The highest BCUT2D eigenvalue weighted by atomic mass is 16.5. The average molecular weight is 350 g/mol. The van der Waals surface area contributed by atoms with Gasteiger partial charge < -0.3 is 10.1 Å². The quantitative estimate of drug-likeness (QED) is 0.737. The molecule has 0 atom stereocenters. The van der Waals surface area contributed by atoms with Gasteiger partial charge in [0.15, 0.2) is 5.65 Å². The van der Waals surface area contributed by atoms with Gasteiger partial charge in [-0.1, -0.05) is 0 Å². The van der Waals surface area contributed by atoms with E-state index in [1.165, 1.54) is 18.4 Å². The Morgan fingerprint density at radius 1 is 1.27 bits per heavy atom. The summed E-state index contributed by atoms with van der Waals surface area (Å²) in [4.78, 5) is 16.9. The highest BCUT2D eigenvalue weighted by Gasteiger charge is 2.27. The van der Waals surface area contributed by atoms with Gasteiger partial charge in [-0.2, -0.15) is 5.10 Å². The summed E-state index contributed by atoms with van der Waals surface area (Å²) in [5, 5.41) is 8.56. The molecule has 3 aromatic rings. The topological polar surface area (TPSA) is 69.0 Å². The Morgan fingerprint density at radius 2 is 2.04 bits per heavy atom. The Morgan fingerprint density at radius 3 is 2.73 bits per heavy atom. The lowest BCUT2D eigenvalue weighted by Crippen LogP contribution is -2.19. The number of hydrogen-bond donors (Lipinski definition) is 1. The fourth-order valence-corrected chi connectivity index (χ4v) is 3.29. The standard InChI is InChI=1S/C20H22N4O2/c1-3-26-16-8-6-15(7-9-16)22-18(25)12-24-20-19(13(2)23-24)17(10-11-21-20)14-4-5-14/h6-11,14H,3-5,12H2,1-2H3,(H,22,25). The van der Waals surface area contributed by atoms with E-state index >= 15 is 0 Å². The van der Waals surface area contributed by atoms with Crippen LogP contribution in [0.4, 0.5) is 5.69 Å². The molecule has 134 valence electrons. The Labute approximate surface area is 152 Å². The van der Waals surface area contributed by atoms with Crippen LogP contribution in [0.2, 0.25) is 0 Å². The third-order valence-corrected chi connectivity index (χ3v) is 4.60. The molecule has 2 heterocycles. The molecule has 1 N–H and O–H groups in total. The zero-order valence-electron chi connectivity index (χ0n) is 15.0. The lowest BCUT2D eigenvalue weighted by Gasteiger charge is -2.08. The minimum absolute atomic E-state index is 0.128. The molecule has 6 nitrogen and oxygen atoms in total. The van der Waals surface area contributed by atoms with Crippen molar-refractivity contribution in [3.05, 3.63) is 47.8 Å². The van der Waals surface area contributed by atoms with Crippen LogP contribution in [0.25, 0.3) is 11.0 Å². The second-order valence-electron chi connectivity index (χ2n) is 6.62. The lowest BCUT2D eigenvalue weighted by molar-refractivity contribution is -0.116. The number of anilines is 1. The minimum Gasteiger partial charge on any atom is -0.494 e. The molecule has 4 rings (SSSR count). The molecule has 6 heteroatoms. The number of ether oxygens (including phenoxy) is 1.